The molecule has 0 bridgehead atoms. The van der Waals surface area contributed by atoms with Crippen LogP contribution >= 0.6 is 11.3 Å². The van der Waals surface area contributed by atoms with Gasteiger partial charge in [0.2, 0.25) is 0 Å². The Hall–Kier alpha value is -2.80. The van der Waals surface area contributed by atoms with Crippen LogP contribution in [0.5, 0.6) is 5.75 Å². The molecule has 0 radical (unpaired) electrons. The number of thiophene rings is 1. The first-order valence-electron chi connectivity index (χ1n) is 8.43. The average molecular weight is 369 g/mol. The number of ether oxygens (including phenoxy) is 1. The first kappa shape index (κ1) is 16.7. The lowest BCUT2D eigenvalue weighted by atomic mass is 10.2. The molecule has 0 saturated carbocycles. The summed E-state index contributed by atoms with van der Waals surface area (Å²) in [5, 5.41) is 5.93. The molecule has 4 rings (SSSR count). The second-order valence-corrected chi connectivity index (χ2v) is 6.98. The van der Waals surface area contributed by atoms with Crippen molar-refractivity contribution in [3.05, 3.63) is 53.5 Å². The molecule has 0 unspecified atom stereocenters. The highest BCUT2D eigenvalue weighted by molar-refractivity contribution is 7.13. The molecule has 7 heteroatoms. The highest BCUT2D eigenvalue weighted by Gasteiger charge is 2.25. The third-order valence-electron chi connectivity index (χ3n) is 4.48. The van der Waals surface area contributed by atoms with Crippen LogP contribution < -0.4 is 9.64 Å². The summed E-state index contributed by atoms with van der Waals surface area (Å²) in [6, 6.07) is 13.6. The molecule has 1 fully saturated rings. The molecule has 0 atom stereocenters. The van der Waals surface area contributed by atoms with Gasteiger partial charge in [-0.25, -0.2) is 0 Å². The molecule has 3 aromatic rings. The number of carbonyl (C=O) groups is 1. The zero-order chi connectivity index (χ0) is 17.9. The first-order valence-corrected chi connectivity index (χ1v) is 9.31. The first-order chi connectivity index (χ1) is 12.7. The van der Waals surface area contributed by atoms with Crippen LogP contribution in [0.4, 0.5) is 5.69 Å². The van der Waals surface area contributed by atoms with E-state index >= 15 is 0 Å². The van der Waals surface area contributed by atoms with Gasteiger partial charge < -0.3 is 19.1 Å². The number of rotatable bonds is 4. The minimum atomic E-state index is -0.0816. The van der Waals surface area contributed by atoms with Gasteiger partial charge in [0.15, 0.2) is 11.5 Å². The van der Waals surface area contributed by atoms with Gasteiger partial charge >= 0.3 is 0 Å². The summed E-state index contributed by atoms with van der Waals surface area (Å²) in [4.78, 5) is 17.7. The monoisotopic (exact) mass is 369 g/mol. The van der Waals surface area contributed by atoms with Gasteiger partial charge in [-0.15, -0.1) is 11.3 Å². The average Bonchev–Trinajstić information content (AvgIpc) is 3.39. The van der Waals surface area contributed by atoms with E-state index in [1.807, 2.05) is 40.6 Å². The Morgan fingerprint density at radius 1 is 1.15 bits per heavy atom. The van der Waals surface area contributed by atoms with E-state index < -0.39 is 0 Å². The third kappa shape index (κ3) is 3.30. The Balaban J connectivity index is 1.40. The number of nitrogens with zero attached hydrogens (tertiary/aromatic N) is 3. The second kappa shape index (κ2) is 7.21. The largest absolute Gasteiger partial charge is 0.497 e. The summed E-state index contributed by atoms with van der Waals surface area (Å²) in [5.41, 5.74) is 1.47. The number of benzene rings is 1. The van der Waals surface area contributed by atoms with Gasteiger partial charge in [0.05, 0.1) is 12.0 Å². The summed E-state index contributed by atoms with van der Waals surface area (Å²) < 4.78 is 10.6. The Bertz CT molecular complexity index is 883. The van der Waals surface area contributed by atoms with Gasteiger partial charge in [0.25, 0.3) is 5.91 Å². The molecule has 0 N–H and O–H groups in total. The number of carbonyl (C=O) groups excluding carboxylic acids is 1. The fourth-order valence-corrected chi connectivity index (χ4v) is 3.72. The molecule has 2 aromatic heterocycles. The van der Waals surface area contributed by atoms with Crippen molar-refractivity contribution in [2.75, 3.05) is 38.2 Å². The number of anilines is 1. The summed E-state index contributed by atoms with van der Waals surface area (Å²) >= 11 is 1.56. The standard InChI is InChI=1S/C19H19N3O3S/c1-24-15-5-2-4-14(12-15)21-7-9-22(10-8-21)19(23)16-13-17(25-20-16)18-6-3-11-26-18/h2-6,11-13H,7-10H2,1H3. The highest BCUT2D eigenvalue weighted by atomic mass is 32.1. The number of hydrogen-bond donors (Lipinski definition) is 0. The van der Waals surface area contributed by atoms with E-state index in [0.29, 0.717) is 24.5 Å². The van der Waals surface area contributed by atoms with E-state index in [2.05, 4.69) is 16.1 Å². The lowest BCUT2D eigenvalue weighted by Crippen LogP contribution is -2.48. The maximum Gasteiger partial charge on any atom is 0.276 e. The SMILES string of the molecule is COc1cccc(N2CCN(C(=O)c3cc(-c4cccs4)on3)CC2)c1. The number of amides is 1. The lowest BCUT2D eigenvalue weighted by molar-refractivity contribution is 0.0736. The summed E-state index contributed by atoms with van der Waals surface area (Å²) in [6.45, 7) is 2.84. The fraction of sp³-hybridized carbons (Fsp3) is 0.263. The Morgan fingerprint density at radius 3 is 2.73 bits per heavy atom. The molecule has 1 aliphatic heterocycles. The smallest absolute Gasteiger partial charge is 0.276 e. The zero-order valence-corrected chi connectivity index (χ0v) is 15.2. The van der Waals surface area contributed by atoms with Crippen LogP contribution in [0.25, 0.3) is 10.6 Å². The van der Waals surface area contributed by atoms with E-state index in [0.717, 1.165) is 29.4 Å². The van der Waals surface area contributed by atoms with Gasteiger partial charge in [-0.3, -0.25) is 4.79 Å². The molecular weight excluding hydrogens is 350 g/mol. The van der Waals surface area contributed by atoms with Crippen LogP contribution in [0.3, 0.4) is 0 Å². The zero-order valence-electron chi connectivity index (χ0n) is 14.4. The van der Waals surface area contributed by atoms with Crippen molar-refractivity contribution < 1.29 is 14.1 Å². The molecule has 0 aliphatic carbocycles. The molecule has 1 saturated heterocycles. The lowest BCUT2D eigenvalue weighted by Gasteiger charge is -2.35. The highest BCUT2D eigenvalue weighted by Crippen LogP contribution is 2.26. The Kier molecular flexibility index (Phi) is 4.62. The molecular formula is C19H19N3O3S. The van der Waals surface area contributed by atoms with Gasteiger partial charge in [0, 0.05) is 44.0 Å². The van der Waals surface area contributed by atoms with Crippen molar-refractivity contribution in [2.24, 2.45) is 0 Å². The normalized spacial score (nSPS) is 14.5. The van der Waals surface area contributed by atoms with Crippen molar-refractivity contribution in [1.82, 2.24) is 10.1 Å². The quantitative estimate of drug-likeness (QED) is 0.706. The number of hydrogen-bond acceptors (Lipinski definition) is 6. The maximum atomic E-state index is 12.7. The molecule has 134 valence electrons. The van der Waals surface area contributed by atoms with Crippen LogP contribution in [0, 0.1) is 0 Å². The maximum absolute atomic E-state index is 12.7. The van der Waals surface area contributed by atoms with E-state index in [9.17, 15) is 4.79 Å². The van der Waals surface area contributed by atoms with E-state index in [4.69, 9.17) is 9.26 Å². The summed E-state index contributed by atoms with van der Waals surface area (Å²) in [6.07, 6.45) is 0. The summed E-state index contributed by atoms with van der Waals surface area (Å²) in [5.74, 6) is 1.39. The van der Waals surface area contributed by atoms with Gasteiger partial charge in [-0.2, -0.15) is 0 Å². The molecule has 3 heterocycles. The van der Waals surface area contributed by atoms with Crippen LogP contribution in [0.1, 0.15) is 10.5 Å². The van der Waals surface area contributed by atoms with E-state index in [-0.39, 0.29) is 5.91 Å². The van der Waals surface area contributed by atoms with Crippen molar-refractivity contribution >= 4 is 22.9 Å². The topological polar surface area (TPSA) is 58.8 Å². The predicted octanol–water partition coefficient (Wildman–Crippen LogP) is 3.37. The summed E-state index contributed by atoms with van der Waals surface area (Å²) in [7, 11) is 1.66. The minimum absolute atomic E-state index is 0.0816. The second-order valence-electron chi connectivity index (χ2n) is 6.03. The van der Waals surface area contributed by atoms with Gasteiger partial charge in [-0.1, -0.05) is 17.3 Å². The number of piperazine rings is 1. The molecule has 26 heavy (non-hydrogen) atoms. The van der Waals surface area contributed by atoms with Gasteiger partial charge in [0.1, 0.15) is 5.75 Å². The van der Waals surface area contributed by atoms with Crippen molar-refractivity contribution in [2.45, 2.75) is 0 Å². The van der Waals surface area contributed by atoms with Gasteiger partial charge in [-0.05, 0) is 23.6 Å². The molecule has 6 nitrogen and oxygen atoms in total. The van der Waals surface area contributed by atoms with Crippen molar-refractivity contribution in [3.8, 4) is 16.4 Å². The Morgan fingerprint density at radius 2 is 2.00 bits per heavy atom. The van der Waals surface area contributed by atoms with Crippen LogP contribution in [0.2, 0.25) is 0 Å². The molecule has 1 aliphatic rings. The fourth-order valence-electron chi connectivity index (χ4n) is 3.05. The van der Waals surface area contributed by atoms with Crippen LogP contribution in [0.15, 0.2) is 52.4 Å². The van der Waals surface area contributed by atoms with Crippen molar-refractivity contribution in [3.63, 3.8) is 0 Å². The number of methoxy groups -OCH3 is 1. The Labute approximate surface area is 155 Å². The van der Waals surface area contributed by atoms with Crippen molar-refractivity contribution in [1.29, 1.82) is 0 Å². The molecule has 0 spiro atoms. The van der Waals surface area contributed by atoms with E-state index in [1.54, 1.807) is 24.5 Å². The number of aromatic nitrogens is 1. The third-order valence-corrected chi connectivity index (χ3v) is 5.36. The minimum Gasteiger partial charge on any atom is -0.497 e. The molecule has 1 amide bonds. The van der Waals surface area contributed by atoms with E-state index in [1.165, 1.54) is 0 Å². The van der Waals surface area contributed by atoms with Crippen LogP contribution in [-0.2, 0) is 0 Å². The predicted molar refractivity (Wildman–Crippen MR) is 101 cm³/mol. The van der Waals surface area contributed by atoms with Crippen LogP contribution in [-0.4, -0.2) is 49.3 Å². The molecule has 1 aromatic carbocycles.